The van der Waals surface area contributed by atoms with Crippen molar-refractivity contribution in [2.45, 2.75) is 44.7 Å². The number of carbonyl (C=O) groups excluding carboxylic acids is 1. The predicted molar refractivity (Wildman–Crippen MR) is 106 cm³/mol. The Balaban J connectivity index is 1.68. The Hall–Kier alpha value is -2.95. The van der Waals surface area contributed by atoms with Crippen molar-refractivity contribution in [2.75, 3.05) is 0 Å². The Morgan fingerprint density at radius 3 is 2.48 bits per heavy atom. The number of nitrogens with one attached hydrogen (secondary N) is 1. The second-order valence-electron chi connectivity index (χ2n) is 7.11. The molecule has 1 saturated carbocycles. The maximum Gasteiger partial charge on any atom is 0.349 e. The van der Waals surface area contributed by atoms with Gasteiger partial charge in [0.2, 0.25) is 5.91 Å². The van der Waals surface area contributed by atoms with E-state index < -0.39 is 5.69 Å². The predicted octanol–water partition coefficient (Wildman–Crippen LogP) is 3.51. The lowest BCUT2D eigenvalue weighted by molar-refractivity contribution is -0.122. The van der Waals surface area contributed by atoms with Gasteiger partial charge in [0.15, 0.2) is 0 Å². The zero-order valence-electron chi connectivity index (χ0n) is 15.2. The molecule has 1 fully saturated rings. The maximum absolute atomic E-state index is 12.7. The van der Waals surface area contributed by atoms with Crippen LogP contribution in [-0.4, -0.2) is 21.5 Å². The Labute approximate surface area is 158 Å². The van der Waals surface area contributed by atoms with E-state index in [-0.39, 0.29) is 18.5 Å². The van der Waals surface area contributed by atoms with E-state index in [9.17, 15) is 9.59 Å². The molecular formula is C22H23N3O2. The van der Waals surface area contributed by atoms with E-state index in [0.29, 0.717) is 5.69 Å². The molecule has 0 spiro atoms. The van der Waals surface area contributed by atoms with Crippen LogP contribution in [0.3, 0.4) is 0 Å². The maximum atomic E-state index is 12.7. The molecule has 1 aliphatic rings. The van der Waals surface area contributed by atoms with Crippen molar-refractivity contribution in [2.24, 2.45) is 0 Å². The van der Waals surface area contributed by atoms with Crippen LogP contribution in [0, 0.1) is 0 Å². The van der Waals surface area contributed by atoms with Crippen molar-refractivity contribution >= 4 is 16.8 Å². The average molecular weight is 361 g/mol. The first kappa shape index (κ1) is 17.5. The molecule has 1 heterocycles. The van der Waals surface area contributed by atoms with Crippen LogP contribution in [0.2, 0.25) is 0 Å². The summed E-state index contributed by atoms with van der Waals surface area (Å²) in [6.07, 6.45) is 5.59. The number of carbonyl (C=O) groups is 1. The van der Waals surface area contributed by atoms with Gasteiger partial charge in [-0.05, 0) is 18.9 Å². The van der Waals surface area contributed by atoms with E-state index in [4.69, 9.17) is 0 Å². The minimum atomic E-state index is -0.397. The average Bonchev–Trinajstić information content (AvgIpc) is 2.71. The summed E-state index contributed by atoms with van der Waals surface area (Å²) in [5.41, 5.74) is 1.88. The van der Waals surface area contributed by atoms with Gasteiger partial charge in [-0.1, -0.05) is 67.8 Å². The van der Waals surface area contributed by atoms with E-state index in [1.54, 1.807) is 0 Å². The minimum Gasteiger partial charge on any atom is -0.352 e. The van der Waals surface area contributed by atoms with Crippen LogP contribution in [0.15, 0.2) is 59.4 Å². The fourth-order valence-corrected chi connectivity index (χ4v) is 3.86. The number of nitrogens with zero attached hydrogens (tertiary/aromatic N) is 2. The van der Waals surface area contributed by atoms with Gasteiger partial charge < -0.3 is 5.32 Å². The molecule has 0 saturated heterocycles. The molecule has 1 amide bonds. The van der Waals surface area contributed by atoms with E-state index in [0.717, 1.165) is 42.1 Å². The third-order valence-electron chi connectivity index (χ3n) is 5.21. The van der Waals surface area contributed by atoms with Crippen molar-refractivity contribution in [1.82, 2.24) is 14.9 Å². The first-order chi connectivity index (χ1) is 13.2. The lowest BCUT2D eigenvalue weighted by Crippen LogP contribution is -2.40. The second-order valence-corrected chi connectivity index (χ2v) is 7.11. The van der Waals surface area contributed by atoms with Crippen molar-refractivity contribution < 1.29 is 4.79 Å². The quantitative estimate of drug-likeness (QED) is 0.773. The van der Waals surface area contributed by atoms with Crippen LogP contribution in [0.25, 0.3) is 22.2 Å². The molecule has 27 heavy (non-hydrogen) atoms. The summed E-state index contributed by atoms with van der Waals surface area (Å²) in [4.78, 5) is 29.6. The molecule has 5 nitrogen and oxygen atoms in total. The molecule has 1 aliphatic carbocycles. The number of fused-ring (bicyclic) bond motifs is 1. The van der Waals surface area contributed by atoms with E-state index in [1.807, 2.05) is 54.6 Å². The summed E-state index contributed by atoms with van der Waals surface area (Å²) in [5, 5.41) is 3.95. The summed E-state index contributed by atoms with van der Waals surface area (Å²) in [6.45, 7) is -0.00207. The summed E-state index contributed by atoms with van der Waals surface area (Å²) in [7, 11) is 0. The number of para-hydroxylation sites is 1. The smallest absolute Gasteiger partial charge is 0.349 e. The third-order valence-corrected chi connectivity index (χ3v) is 5.21. The van der Waals surface area contributed by atoms with Crippen LogP contribution in [0.1, 0.15) is 32.1 Å². The first-order valence-electron chi connectivity index (χ1n) is 9.57. The van der Waals surface area contributed by atoms with Gasteiger partial charge in [0, 0.05) is 17.0 Å². The molecule has 4 rings (SSSR count). The number of hydrogen-bond acceptors (Lipinski definition) is 3. The van der Waals surface area contributed by atoms with E-state index >= 15 is 0 Å². The molecular weight excluding hydrogens is 338 g/mol. The zero-order chi connectivity index (χ0) is 18.6. The highest BCUT2D eigenvalue weighted by atomic mass is 16.2. The van der Waals surface area contributed by atoms with Gasteiger partial charge >= 0.3 is 5.69 Å². The largest absolute Gasteiger partial charge is 0.352 e. The monoisotopic (exact) mass is 361 g/mol. The SMILES string of the molecule is O=C(Cn1c(=O)nc(-c2ccccc2)c2ccccc21)NC1CCCCC1. The van der Waals surface area contributed by atoms with Gasteiger partial charge in [-0.15, -0.1) is 0 Å². The lowest BCUT2D eigenvalue weighted by Gasteiger charge is -2.23. The summed E-state index contributed by atoms with van der Waals surface area (Å²) >= 11 is 0. The normalized spacial score (nSPS) is 15.0. The Morgan fingerprint density at radius 2 is 1.70 bits per heavy atom. The van der Waals surface area contributed by atoms with Gasteiger partial charge in [0.1, 0.15) is 6.54 Å². The molecule has 138 valence electrons. The van der Waals surface area contributed by atoms with Gasteiger partial charge in [0.25, 0.3) is 0 Å². The molecule has 0 atom stereocenters. The molecule has 0 unspecified atom stereocenters. The van der Waals surface area contributed by atoms with Crippen LogP contribution >= 0.6 is 0 Å². The minimum absolute atomic E-state index is 0.00207. The summed E-state index contributed by atoms with van der Waals surface area (Å²) in [6, 6.07) is 17.5. The van der Waals surface area contributed by atoms with Gasteiger partial charge in [-0.25, -0.2) is 4.79 Å². The highest BCUT2D eigenvalue weighted by Gasteiger charge is 2.18. The van der Waals surface area contributed by atoms with Crippen molar-refractivity contribution in [3.8, 4) is 11.3 Å². The van der Waals surface area contributed by atoms with Gasteiger partial charge in [-0.2, -0.15) is 4.98 Å². The molecule has 0 radical (unpaired) electrons. The number of aromatic nitrogens is 2. The van der Waals surface area contributed by atoms with Crippen LogP contribution in [-0.2, 0) is 11.3 Å². The highest BCUT2D eigenvalue weighted by Crippen LogP contribution is 2.25. The van der Waals surface area contributed by atoms with Crippen LogP contribution in [0.5, 0.6) is 0 Å². The Morgan fingerprint density at radius 1 is 1.00 bits per heavy atom. The van der Waals surface area contributed by atoms with Gasteiger partial charge in [-0.3, -0.25) is 9.36 Å². The zero-order valence-corrected chi connectivity index (χ0v) is 15.2. The molecule has 5 heteroatoms. The number of benzene rings is 2. The van der Waals surface area contributed by atoms with Crippen LogP contribution in [0.4, 0.5) is 0 Å². The number of hydrogen-bond donors (Lipinski definition) is 1. The topological polar surface area (TPSA) is 64.0 Å². The van der Waals surface area contributed by atoms with Crippen molar-refractivity contribution in [3.63, 3.8) is 0 Å². The number of rotatable bonds is 4. The second kappa shape index (κ2) is 7.74. The Kier molecular flexibility index (Phi) is 5.01. The first-order valence-corrected chi connectivity index (χ1v) is 9.57. The van der Waals surface area contributed by atoms with Crippen molar-refractivity contribution in [1.29, 1.82) is 0 Å². The fourth-order valence-electron chi connectivity index (χ4n) is 3.86. The standard InChI is InChI=1S/C22H23N3O2/c26-20(23-17-11-5-2-6-12-17)15-25-19-14-8-7-13-18(19)21(24-22(25)27)16-9-3-1-4-10-16/h1,3-4,7-10,13-14,17H,2,5-6,11-12,15H2,(H,23,26). The number of amides is 1. The fraction of sp³-hybridized carbons (Fsp3) is 0.318. The highest BCUT2D eigenvalue weighted by molar-refractivity contribution is 5.93. The summed E-state index contributed by atoms with van der Waals surface area (Å²) < 4.78 is 1.47. The molecule has 2 aromatic carbocycles. The lowest BCUT2D eigenvalue weighted by atomic mass is 9.95. The van der Waals surface area contributed by atoms with Gasteiger partial charge in [0.05, 0.1) is 11.2 Å². The third kappa shape index (κ3) is 3.77. The molecule has 1 N–H and O–H groups in total. The van der Waals surface area contributed by atoms with Crippen molar-refractivity contribution in [3.05, 3.63) is 65.1 Å². The summed E-state index contributed by atoms with van der Waals surface area (Å²) in [5.74, 6) is -0.122. The molecule has 3 aromatic rings. The molecule has 0 aliphatic heterocycles. The van der Waals surface area contributed by atoms with E-state index in [1.165, 1.54) is 11.0 Å². The molecule has 1 aromatic heterocycles. The van der Waals surface area contributed by atoms with Crippen LogP contribution < -0.4 is 11.0 Å². The molecule has 0 bridgehead atoms. The Bertz CT molecular complexity index is 1000. The van der Waals surface area contributed by atoms with E-state index in [2.05, 4.69) is 10.3 Å².